The number of carbonyl (C=O) groups is 1. The first kappa shape index (κ1) is 16.9. The molecular weight excluding hydrogens is 330 g/mol. The summed E-state index contributed by atoms with van der Waals surface area (Å²) in [5.74, 6) is -0.102. The molecule has 128 valence electrons. The minimum absolute atomic E-state index is 0.180. The Morgan fingerprint density at radius 2 is 2.00 bits per heavy atom. The zero-order chi connectivity index (χ0) is 18.4. The third kappa shape index (κ3) is 4.13. The topological polar surface area (TPSA) is 114 Å². The van der Waals surface area contributed by atoms with Crippen LogP contribution in [0.25, 0.3) is 0 Å². The van der Waals surface area contributed by atoms with Gasteiger partial charge >= 0.3 is 0 Å². The molecule has 0 unspecified atom stereocenters. The van der Waals surface area contributed by atoms with E-state index in [1.807, 2.05) is 36.4 Å². The van der Waals surface area contributed by atoms with Crippen molar-refractivity contribution in [1.29, 1.82) is 5.26 Å². The molecule has 0 bridgehead atoms. The van der Waals surface area contributed by atoms with Gasteiger partial charge in [0, 0.05) is 11.3 Å². The van der Waals surface area contributed by atoms with Crippen molar-refractivity contribution in [1.82, 2.24) is 9.97 Å². The lowest BCUT2D eigenvalue weighted by Crippen LogP contribution is -2.11. The number of primary amides is 1. The SMILES string of the molecule is N#Cc1cnc(Nc2cccc(C(N)=O)c2)nc1OCc1ccccc1. The van der Waals surface area contributed by atoms with Gasteiger partial charge in [0.05, 0.1) is 6.20 Å². The number of nitrogens with one attached hydrogen (secondary N) is 1. The van der Waals surface area contributed by atoms with Gasteiger partial charge in [0.15, 0.2) is 0 Å². The smallest absolute Gasteiger partial charge is 0.248 e. The Bertz CT molecular complexity index is 967. The van der Waals surface area contributed by atoms with Crippen molar-refractivity contribution in [2.75, 3.05) is 5.32 Å². The van der Waals surface area contributed by atoms with Gasteiger partial charge in [0.1, 0.15) is 18.2 Å². The Morgan fingerprint density at radius 3 is 2.73 bits per heavy atom. The molecule has 0 aliphatic rings. The van der Waals surface area contributed by atoms with E-state index >= 15 is 0 Å². The fourth-order valence-corrected chi connectivity index (χ4v) is 2.22. The number of nitrogens with zero attached hydrogens (tertiary/aromatic N) is 3. The van der Waals surface area contributed by atoms with Crippen LogP contribution in [0.2, 0.25) is 0 Å². The molecule has 3 N–H and O–H groups in total. The quantitative estimate of drug-likeness (QED) is 0.710. The van der Waals surface area contributed by atoms with Gasteiger partial charge in [0.2, 0.25) is 17.7 Å². The number of carbonyl (C=O) groups excluding carboxylic acids is 1. The number of aromatic nitrogens is 2. The Hall–Kier alpha value is -3.92. The average molecular weight is 345 g/mol. The van der Waals surface area contributed by atoms with E-state index in [2.05, 4.69) is 15.3 Å². The second kappa shape index (κ2) is 7.77. The van der Waals surface area contributed by atoms with Crippen molar-refractivity contribution in [2.24, 2.45) is 5.73 Å². The molecule has 7 nitrogen and oxygen atoms in total. The highest BCUT2D eigenvalue weighted by Gasteiger charge is 2.10. The van der Waals surface area contributed by atoms with Crippen LogP contribution in [0.4, 0.5) is 11.6 Å². The molecule has 1 heterocycles. The normalized spacial score (nSPS) is 9.96. The fraction of sp³-hybridized carbons (Fsp3) is 0.0526. The molecule has 3 aromatic rings. The van der Waals surface area contributed by atoms with Crippen LogP contribution in [0.15, 0.2) is 60.8 Å². The van der Waals surface area contributed by atoms with Crippen LogP contribution in [0.5, 0.6) is 5.88 Å². The molecule has 1 amide bonds. The van der Waals surface area contributed by atoms with E-state index in [0.29, 0.717) is 11.3 Å². The zero-order valence-electron chi connectivity index (χ0n) is 13.7. The Kier molecular flexibility index (Phi) is 5.05. The van der Waals surface area contributed by atoms with Crippen LogP contribution >= 0.6 is 0 Å². The summed E-state index contributed by atoms with van der Waals surface area (Å²) < 4.78 is 5.67. The number of ether oxygens (including phenoxy) is 1. The summed E-state index contributed by atoms with van der Waals surface area (Å²) in [5, 5.41) is 12.2. The third-order valence-electron chi connectivity index (χ3n) is 3.50. The third-order valence-corrected chi connectivity index (χ3v) is 3.50. The van der Waals surface area contributed by atoms with Gasteiger partial charge in [0.25, 0.3) is 0 Å². The summed E-state index contributed by atoms with van der Waals surface area (Å²) in [6, 6.07) is 18.2. The van der Waals surface area contributed by atoms with Gasteiger partial charge in [-0.1, -0.05) is 36.4 Å². The molecule has 7 heteroatoms. The summed E-state index contributed by atoms with van der Waals surface area (Å²) in [6.07, 6.45) is 1.38. The minimum atomic E-state index is -0.527. The van der Waals surface area contributed by atoms with E-state index in [-0.39, 0.29) is 24.0 Å². The Labute approximate surface area is 150 Å². The first-order chi connectivity index (χ1) is 12.7. The maximum atomic E-state index is 11.3. The number of anilines is 2. The molecular formula is C19H15N5O2. The van der Waals surface area contributed by atoms with Gasteiger partial charge in [-0.05, 0) is 23.8 Å². The van der Waals surface area contributed by atoms with Crippen LogP contribution in [-0.4, -0.2) is 15.9 Å². The molecule has 26 heavy (non-hydrogen) atoms. The highest BCUT2D eigenvalue weighted by molar-refractivity contribution is 5.93. The number of amides is 1. The van der Waals surface area contributed by atoms with E-state index < -0.39 is 5.91 Å². The van der Waals surface area contributed by atoms with Crippen molar-refractivity contribution >= 4 is 17.5 Å². The van der Waals surface area contributed by atoms with Gasteiger partial charge in [-0.2, -0.15) is 10.2 Å². The van der Waals surface area contributed by atoms with Crippen LogP contribution in [0.1, 0.15) is 21.5 Å². The number of hydrogen-bond donors (Lipinski definition) is 2. The lowest BCUT2D eigenvalue weighted by Gasteiger charge is -2.10. The van der Waals surface area contributed by atoms with Crippen molar-refractivity contribution in [3.63, 3.8) is 0 Å². The predicted octanol–water partition coefficient (Wildman–Crippen LogP) is 2.77. The first-order valence-electron chi connectivity index (χ1n) is 7.76. The van der Waals surface area contributed by atoms with E-state index in [1.54, 1.807) is 24.3 Å². The number of nitriles is 1. The van der Waals surface area contributed by atoms with Gasteiger partial charge in [-0.25, -0.2) is 4.98 Å². The lowest BCUT2D eigenvalue weighted by molar-refractivity contribution is 0.100. The molecule has 0 atom stereocenters. The first-order valence-corrected chi connectivity index (χ1v) is 7.76. The van der Waals surface area contributed by atoms with Crippen LogP contribution in [-0.2, 0) is 6.61 Å². The Balaban J connectivity index is 1.80. The molecule has 1 aromatic heterocycles. The predicted molar refractivity (Wildman–Crippen MR) is 95.8 cm³/mol. The molecule has 0 aliphatic carbocycles. The van der Waals surface area contributed by atoms with Gasteiger partial charge < -0.3 is 15.8 Å². The number of benzene rings is 2. The van der Waals surface area contributed by atoms with Crippen molar-refractivity contribution < 1.29 is 9.53 Å². The van der Waals surface area contributed by atoms with E-state index in [4.69, 9.17) is 10.5 Å². The van der Waals surface area contributed by atoms with Crippen molar-refractivity contribution in [2.45, 2.75) is 6.61 Å². The van der Waals surface area contributed by atoms with E-state index in [1.165, 1.54) is 6.20 Å². The molecule has 0 saturated heterocycles. The van der Waals surface area contributed by atoms with Crippen LogP contribution in [0, 0.1) is 11.3 Å². The monoisotopic (exact) mass is 345 g/mol. The highest BCUT2D eigenvalue weighted by Crippen LogP contribution is 2.20. The summed E-state index contributed by atoms with van der Waals surface area (Å²) in [5.41, 5.74) is 7.43. The number of rotatable bonds is 6. The minimum Gasteiger partial charge on any atom is -0.472 e. The molecule has 0 saturated carbocycles. The molecule has 0 aliphatic heterocycles. The van der Waals surface area contributed by atoms with Gasteiger partial charge in [-0.15, -0.1) is 0 Å². The van der Waals surface area contributed by atoms with Crippen molar-refractivity contribution in [3.8, 4) is 11.9 Å². The van der Waals surface area contributed by atoms with E-state index in [9.17, 15) is 10.1 Å². The van der Waals surface area contributed by atoms with Crippen molar-refractivity contribution in [3.05, 3.63) is 77.5 Å². The fourth-order valence-electron chi connectivity index (χ4n) is 2.22. The summed E-state index contributed by atoms with van der Waals surface area (Å²) >= 11 is 0. The molecule has 0 spiro atoms. The summed E-state index contributed by atoms with van der Waals surface area (Å²) in [7, 11) is 0. The summed E-state index contributed by atoms with van der Waals surface area (Å²) in [4.78, 5) is 19.6. The van der Waals surface area contributed by atoms with Crippen LogP contribution in [0.3, 0.4) is 0 Å². The maximum Gasteiger partial charge on any atom is 0.248 e. The summed E-state index contributed by atoms with van der Waals surface area (Å²) in [6.45, 7) is 0.281. The standard InChI is InChI=1S/C19H15N5O2/c20-10-15-11-22-19(23-16-8-4-7-14(9-16)17(21)25)24-18(15)26-12-13-5-2-1-3-6-13/h1-9,11H,12H2,(H2,21,25)(H,22,23,24). The number of nitrogens with two attached hydrogens (primary N) is 1. The largest absolute Gasteiger partial charge is 0.472 e. The highest BCUT2D eigenvalue weighted by atomic mass is 16.5. The average Bonchev–Trinajstić information content (AvgIpc) is 2.67. The second-order valence-electron chi connectivity index (χ2n) is 5.37. The lowest BCUT2D eigenvalue weighted by atomic mass is 10.2. The second-order valence-corrected chi connectivity index (χ2v) is 5.37. The Morgan fingerprint density at radius 1 is 1.19 bits per heavy atom. The number of hydrogen-bond acceptors (Lipinski definition) is 6. The molecule has 0 radical (unpaired) electrons. The molecule has 2 aromatic carbocycles. The molecule has 3 rings (SSSR count). The maximum absolute atomic E-state index is 11.3. The van der Waals surface area contributed by atoms with E-state index in [0.717, 1.165) is 5.56 Å². The molecule has 0 fully saturated rings. The van der Waals surface area contributed by atoms with Gasteiger partial charge in [-0.3, -0.25) is 4.79 Å². The van der Waals surface area contributed by atoms with Crippen LogP contribution < -0.4 is 15.8 Å². The zero-order valence-corrected chi connectivity index (χ0v) is 13.7.